The highest BCUT2D eigenvalue weighted by atomic mass is 32.1. The summed E-state index contributed by atoms with van der Waals surface area (Å²) in [5.41, 5.74) is 1.05. The molecular formula is C15H12O4S. The van der Waals surface area contributed by atoms with Crippen LogP contribution in [-0.2, 0) is 4.79 Å². The summed E-state index contributed by atoms with van der Waals surface area (Å²) in [4.78, 5) is 12.1. The Morgan fingerprint density at radius 1 is 1.20 bits per heavy atom. The van der Waals surface area contributed by atoms with E-state index >= 15 is 0 Å². The molecule has 20 heavy (non-hydrogen) atoms. The first-order valence-electron chi connectivity index (χ1n) is 6.12. The minimum atomic E-state index is -0.942. The van der Waals surface area contributed by atoms with Gasteiger partial charge in [0.1, 0.15) is 13.2 Å². The van der Waals surface area contributed by atoms with Crippen molar-refractivity contribution in [3.8, 4) is 11.5 Å². The molecule has 1 aliphatic rings. The molecule has 0 saturated carbocycles. The molecule has 1 aromatic carbocycles. The third kappa shape index (κ3) is 2.53. The van der Waals surface area contributed by atoms with E-state index in [2.05, 4.69) is 0 Å². The van der Waals surface area contributed by atoms with Crippen molar-refractivity contribution in [2.75, 3.05) is 13.2 Å². The molecule has 0 bridgehead atoms. The van der Waals surface area contributed by atoms with Gasteiger partial charge < -0.3 is 14.6 Å². The number of rotatable bonds is 3. The Kier molecular flexibility index (Phi) is 3.43. The van der Waals surface area contributed by atoms with Gasteiger partial charge in [0, 0.05) is 4.88 Å². The average molecular weight is 288 g/mol. The van der Waals surface area contributed by atoms with Gasteiger partial charge in [-0.2, -0.15) is 0 Å². The van der Waals surface area contributed by atoms with Crippen molar-refractivity contribution < 1.29 is 19.4 Å². The number of aliphatic carboxylic acids is 1. The highest BCUT2D eigenvalue weighted by Gasteiger charge is 2.14. The molecule has 102 valence electrons. The Labute approximate surface area is 119 Å². The summed E-state index contributed by atoms with van der Waals surface area (Å²) in [7, 11) is 0. The van der Waals surface area contributed by atoms with E-state index in [-0.39, 0.29) is 5.57 Å². The molecule has 0 saturated heterocycles. The Morgan fingerprint density at radius 2 is 2.00 bits per heavy atom. The van der Waals surface area contributed by atoms with Crippen LogP contribution in [0.3, 0.4) is 0 Å². The van der Waals surface area contributed by atoms with Gasteiger partial charge in [0.2, 0.25) is 0 Å². The zero-order chi connectivity index (χ0) is 13.9. The highest BCUT2D eigenvalue weighted by molar-refractivity contribution is 7.11. The first kappa shape index (κ1) is 12.7. The average Bonchev–Trinajstić information content (AvgIpc) is 2.98. The van der Waals surface area contributed by atoms with Crippen LogP contribution < -0.4 is 9.47 Å². The van der Waals surface area contributed by atoms with E-state index in [1.807, 2.05) is 17.5 Å². The fraction of sp³-hybridized carbons (Fsp3) is 0.133. The van der Waals surface area contributed by atoms with E-state index in [4.69, 9.17) is 9.47 Å². The molecule has 0 aliphatic carbocycles. The Hall–Kier alpha value is -2.27. The van der Waals surface area contributed by atoms with Gasteiger partial charge in [-0.05, 0) is 35.2 Å². The number of fused-ring (bicyclic) bond motifs is 1. The van der Waals surface area contributed by atoms with Gasteiger partial charge in [-0.25, -0.2) is 4.79 Å². The molecule has 3 rings (SSSR count). The van der Waals surface area contributed by atoms with Gasteiger partial charge in [-0.1, -0.05) is 12.1 Å². The van der Waals surface area contributed by atoms with Gasteiger partial charge in [-0.3, -0.25) is 0 Å². The second kappa shape index (κ2) is 5.38. The second-order valence-corrected chi connectivity index (χ2v) is 5.19. The van der Waals surface area contributed by atoms with Crippen molar-refractivity contribution in [3.05, 3.63) is 46.2 Å². The second-order valence-electron chi connectivity index (χ2n) is 4.24. The van der Waals surface area contributed by atoms with E-state index in [1.165, 1.54) is 11.3 Å². The van der Waals surface area contributed by atoms with Crippen LogP contribution in [0.2, 0.25) is 0 Å². The standard InChI is InChI=1S/C15H12O4S/c16-15(17)11(14-2-1-7-20-14)8-10-3-4-12-13(9-10)19-6-5-18-12/h1-4,7-9H,5-6H2,(H,16,17)/b11-8-. The fourth-order valence-electron chi connectivity index (χ4n) is 1.99. The summed E-state index contributed by atoms with van der Waals surface area (Å²) in [6, 6.07) is 9.05. The maximum atomic E-state index is 11.4. The lowest BCUT2D eigenvalue weighted by Crippen LogP contribution is -2.15. The molecule has 5 heteroatoms. The van der Waals surface area contributed by atoms with Crippen LogP contribution in [-0.4, -0.2) is 24.3 Å². The lowest BCUT2D eigenvalue weighted by Gasteiger charge is -2.18. The number of thiophene rings is 1. The maximum absolute atomic E-state index is 11.4. The van der Waals surface area contributed by atoms with Gasteiger partial charge in [0.15, 0.2) is 11.5 Å². The van der Waals surface area contributed by atoms with Crippen LogP contribution >= 0.6 is 11.3 Å². The van der Waals surface area contributed by atoms with Gasteiger partial charge in [-0.15, -0.1) is 11.3 Å². The van der Waals surface area contributed by atoms with Gasteiger partial charge in [0.25, 0.3) is 0 Å². The molecule has 4 nitrogen and oxygen atoms in total. The lowest BCUT2D eigenvalue weighted by molar-refractivity contribution is -0.130. The highest BCUT2D eigenvalue weighted by Crippen LogP contribution is 2.32. The van der Waals surface area contributed by atoms with Crippen LogP contribution in [0.1, 0.15) is 10.4 Å². The first-order valence-corrected chi connectivity index (χ1v) is 7.00. The monoisotopic (exact) mass is 288 g/mol. The minimum Gasteiger partial charge on any atom is -0.486 e. The van der Waals surface area contributed by atoms with Crippen LogP contribution in [0.4, 0.5) is 0 Å². The number of carbonyl (C=O) groups is 1. The molecular weight excluding hydrogens is 276 g/mol. The summed E-state index contributed by atoms with van der Waals surface area (Å²) in [6.45, 7) is 1.05. The fourth-order valence-corrected chi connectivity index (χ4v) is 2.72. The number of ether oxygens (including phenoxy) is 2. The summed E-state index contributed by atoms with van der Waals surface area (Å²) in [5.74, 6) is 0.407. The molecule has 0 spiro atoms. The van der Waals surface area contributed by atoms with E-state index in [9.17, 15) is 9.90 Å². The van der Waals surface area contributed by atoms with Crippen LogP contribution in [0, 0.1) is 0 Å². The third-order valence-electron chi connectivity index (χ3n) is 2.89. The third-order valence-corrected chi connectivity index (χ3v) is 3.80. The molecule has 1 N–H and O–H groups in total. The number of hydrogen-bond donors (Lipinski definition) is 1. The van der Waals surface area contributed by atoms with Gasteiger partial charge in [0.05, 0.1) is 5.57 Å². The number of carboxylic acids is 1. The molecule has 0 radical (unpaired) electrons. The number of carboxylic acid groups (broad SMARTS) is 1. The molecule has 0 atom stereocenters. The first-order chi connectivity index (χ1) is 9.74. The van der Waals surface area contributed by atoms with Crippen molar-refractivity contribution in [2.45, 2.75) is 0 Å². The smallest absolute Gasteiger partial charge is 0.337 e. The van der Waals surface area contributed by atoms with Crippen molar-refractivity contribution in [1.82, 2.24) is 0 Å². The van der Waals surface area contributed by atoms with E-state index in [1.54, 1.807) is 24.3 Å². The number of benzene rings is 1. The maximum Gasteiger partial charge on any atom is 0.337 e. The Balaban J connectivity index is 1.99. The van der Waals surface area contributed by atoms with Gasteiger partial charge >= 0.3 is 5.97 Å². The molecule has 0 amide bonds. The molecule has 0 fully saturated rings. The SMILES string of the molecule is O=C(O)/C(=C\c1ccc2c(c1)OCCO2)c1cccs1. The molecule has 2 heterocycles. The summed E-state index contributed by atoms with van der Waals surface area (Å²) >= 11 is 1.40. The summed E-state index contributed by atoms with van der Waals surface area (Å²) in [6.07, 6.45) is 1.65. The normalized spacial score (nSPS) is 14.1. The Morgan fingerprint density at radius 3 is 2.70 bits per heavy atom. The van der Waals surface area contributed by atoms with Crippen molar-refractivity contribution in [1.29, 1.82) is 0 Å². The van der Waals surface area contributed by atoms with E-state index in [0.717, 1.165) is 10.4 Å². The molecule has 0 unspecified atom stereocenters. The van der Waals surface area contributed by atoms with Crippen LogP contribution in [0.25, 0.3) is 11.6 Å². The Bertz CT molecular complexity index is 659. The van der Waals surface area contributed by atoms with Crippen LogP contribution in [0.5, 0.6) is 11.5 Å². The molecule has 2 aromatic rings. The van der Waals surface area contributed by atoms with E-state index in [0.29, 0.717) is 24.7 Å². The lowest BCUT2D eigenvalue weighted by atomic mass is 10.1. The largest absolute Gasteiger partial charge is 0.486 e. The molecule has 1 aliphatic heterocycles. The summed E-state index contributed by atoms with van der Waals surface area (Å²) in [5, 5.41) is 11.2. The van der Waals surface area contributed by atoms with Crippen molar-refractivity contribution in [3.63, 3.8) is 0 Å². The van der Waals surface area contributed by atoms with Crippen LogP contribution in [0.15, 0.2) is 35.7 Å². The number of hydrogen-bond acceptors (Lipinski definition) is 4. The minimum absolute atomic E-state index is 0.275. The molecule has 1 aromatic heterocycles. The zero-order valence-electron chi connectivity index (χ0n) is 10.5. The summed E-state index contributed by atoms with van der Waals surface area (Å²) < 4.78 is 10.9. The quantitative estimate of drug-likeness (QED) is 0.882. The van der Waals surface area contributed by atoms with E-state index < -0.39 is 5.97 Å². The topological polar surface area (TPSA) is 55.8 Å². The predicted molar refractivity (Wildman–Crippen MR) is 77.3 cm³/mol. The zero-order valence-corrected chi connectivity index (χ0v) is 11.4. The van der Waals surface area contributed by atoms with Crippen molar-refractivity contribution >= 4 is 29.0 Å². The predicted octanol–water partition coefficient (Wildman–Crippen LogP) is 3.14. The van der Waals surface area contributed by atoms with Crippen molar-refractivity contribution in [2.24, 2.45) is 0 Å².